The Morgan fingerprint density at radius 3 is 3.05 bits per heavy atom. The molecule has 114 valence electrons. The third-order valence-electron chi connectivity index (χ3n) is 4.43. The van der Waals surface area contributed by atoms with Crippen LogP contribution in [0.2, 0.25) is 0 Å². The van der Waals surface area contributed by atoms with Crippen molar-refractivity contribution in [2.24, 2.45) is 13.0 Å². The molecule has 3 rings (SSSR count). The van der Waals surface area contributed by atoms with E-state index in [-0.39, 0.29) is 0 Å². The first-order valence-electron chi connectivity index (χ1n) is 7.73. The highest BCUT2D eigenvalue weighted by Gasteiger charge is 2.21. The summed E-state index contributed by atoms with van der Waals surface area (Å²) in [7, 11) is 1.85. The largest absolute Gasteiger partial charge is 0.383 e. The zero-order chi connectivity index (χ0) is 14.8. The molecule has 2 atom stereocenters. The molecule has 0 saturated heterocycles. The maximum Gasteiger partial charge on any atom is 0.163 e. The minimum absolute atomic E-state index is 0.329. The molecule has 6 heteroatoms. The summed E-state index contributed by atoms with van der Waals surface area (Å²) in [6.45, 7) is 2.68. The fourth-order valence-corrected chi connectivity index (χ4v) is 3.11. The van der Waals surface area contributed by atoms with Crippen LogP contribution in [0.4, 0.5) is 5.82 Å². The van der Waals surface area contributed by atoms with Gasteiger partial charge in [-0.2, -0.15) is 5.10 Å². The molecular weight excluding hydrogens is 266 g/mol. The molecule has 1 aliphatic carbocycles. The van der Waals surface area contributed by atoms with Gasteiger partial charge in [0, 0.05) is 7.05 Å². The fourth-order valence-electron chi connectivity index (χ4n) is 3.11. The smallest absolute Gasteiger partial charge is 0.163 e. The van der Waals surface area contributed by atoms with E-state index in [4.69, 9.17) is 10.5 Å². The van der Waals surface area contributed by atoms with Crippen LogP contribution in [0, 0.1) is 5.92 Å². The maximum atomic E-state index is 6.01. The molecule has 2 aromatic heterocycles. The average Bonchev–Trinajstić information content (AvgIpc) is 2.87. The normalized spacial score (nSPS) is 22.8. The maximum absolute atomic E-state index is 6.01. The lowest BCUT2D eigenvalue weighted by atomic mass is 9.85. The molecule has 1 fully saturated rings. The number of rotatable bonds is 4. The van der Waals surface area contributed by atoms with E-state index in [1.165, 1.54) is 19.3 Å². The summed E-state index contributed by atoms with van der Waals surface area (Å²) in [5.74, 6) is 1.92. The van der Waals surface area contributed by atoms with Crippen molar-refractivity contribution < 1.29 is 4.74 Å². The van der Waals surface area contributed by atoms with E-state index in [9.17, 15) is 0 Å². The van der Waals surface area contributed by atoms with Crippen molar-refractivity contribution in [2.45, 2.75) is 51.7 Å². The molecule has 6 nitrogen and oxygen atoms in total. The number of ether oxygens (including phenoxy) is 1. The Kier molecular flexibility index (Phi) is 4.05. The minimum Gasteiger partial charge on any atom is -0.383 e. The van der Waals surface area contributed by atoms with Gasteiger partial charge in [-0.05, 0) is 18.8 Å². The van der Waals surface area contributed by atoms with Crippen LogP contribution in [0.1, 0.15) is 44.9 Å². The molecule has 2 unspecified atom stereocenters. The van der Waals surface area contributed by atoms with E-state index in [2.05, 4.69) is 22.0 Å². The van der Waals surface area contributed by atoms with E-state index in [0.717, 1.165) is 29.8 Å². The Bertz CT molecular complexity index is 624. The number of aromatic nitrogens is 4. The second kappa shape index (κ2) is 5.97. The second-order valence-electron chi connectivity index (χ2n) is 5.90. The molecule has 2 aromatic rings. The van der Waals surface area contributed by atoms with Crippen LogP contribution in [0.3, 0.4) is 0 Å². The summed E-state index contributed by atoms with van der Waals surface area (Å²) in [5, 5.41) is 4.96. The Morgan fingerprint density at radius 1 is 1.38 bits per heavy atom. The van der Waals surface area contributed by atoms with Gasteiger partial charge in [-0.1, -0.05) is 26.2 Å². The first-order chi connectivity index (χ1) is 10.2. The second-order valence-corrected chi connectivity index (χ2v) is 5.90. The molecule has 2 heterocycles. The third-order valence-corrected chi connectivity index (χ3v) is 4.43. The Hall–Kier alpha value is -1.69. The van der Waals surface area contributed by atoms with Crippen molar-refractivity contribution in [3.05, 3.63) is 12.0 Å². The summed E-state index contributed by atoms with van der Waals surface area (Å²) in [6, 6.07) is 0. The SMILES string of the molecule is CCC1CCCC(OCc2nc(N)c3cnn(C)c3n2)C1. The summed E-state index contributed by atoms with van der Waals surface area (Å²) < 4.78 is 7.72. The molecule has 0 amide bonds. The molecule has 0 aliphatic heterocycles. The van der Waals surface area contributed by atoms with Crippen molar-refractivity contribution in [3.63, 3.8) is 0 Å². The summed E-state index contributed by atoms with van der Waals surface area (Å²) in [4.78, 5) is 8.83. The fraction of sp³-hybridized carbons (Fsp3) is 0.667. The van der Waals surface area contributed by atoms with Gasteiger partial charge in [0.05, 0.1) is 17.7 Å². The van der Waals surface area contributed by atoms with Crippen LogP contribution in [0.5, 0.6) is 0 Å². The number of aryl methyl sites for hydroxylation is 1. The molecular formula is C15H23N5O. The Balaban J connectivity index is 1.69. The van der Waals surface area contributed by atoms with Gasteiger partial charge in [-0.15, -0.1) is 0 Å². The number of hydrogen-bond acceptors (Lipinski definition) is 5. The van der Waals surface area contributed by atoms with Gasteiger partial charge in [-0.25, -0.2) is 9.97 Å². The van der Waals surface area contributed by atoms with E-state index in [0.29, 0.717) is 24.4 Å². The molecule has 0 bridgehead atoms. The lowest BCUT2D eigenvalue weighted by molar-refractivity contribution is -0.00106. The predicted molar refractivity (Wildman–Crippen MR) is 81.5 cm³/mol. The first-order valence-corrected chi connectivity index (χ1v) is 7.73. The lowest BCUT2D eigenvalue weighted by Crippen LogP contribution is -2.23. The van der Waals surface area contributed by atoms with E-state index >= 15 is 0 Å². The summed E-state index contributed by atoms with van der Waals surface area (Å²) in [5.41, 5.74) is 6.72. The van der Waals surface area contributed by atoms with Crippen LogP contribution in [0.25, 0.3) is 11.0 Å². The van der Waals surface area contributed by atoms with Crippen molar-refractivity contribution in [1.29, 1.82) is 0 Å². The van der Waals surface area contributed by atoms with Crippen LogP contribution in [-0.2, 0) is 18.4 Å². The van der Waals surface area contributed by atoms with Crippen LogP contribution < -0.4 is 5.73 Å². The number of fused-ring (bicyclic) bond motifs is 1. The van der Waals surface area contributed by atoms with Gasteiger partial charge >= 0.3 is 0 Å². The lowest BCUT2D eigenvalue weighted by Gasteiger charge is -2.28. The van der Waals surface area contributed by atoms with Crippen molar-refractivity contribution in [3.8, 4) is 0 Å². The van der Waals surface area contributed by atoms with Crippen molar-refractivity contribution in [2.75, 3.05) is 5.73 Å². The molecule has 0 radical (unpaired) electrons. The van der Waals surface area contributed by atoms with Gasteiger partial charge in [0.1, 0.15) is 12.4 Å². The molecule has 1 aliphatic rings. The monoisotopic (exact) mass is 289 g/mol. The number of nitrogen functional groups attached to an aromatic ring is 1. The van der Waals surface area contributed by atoms with Crippen molar-refractivity contribution in [1.82, 2.24) is 19.7 Å². The third kappa shape index (κ3) is 3.00. The zero-order valence-electron chi connectivity index (χ0n) is 12.7. The number of nitrogens with two attached hydrogens (primary N) is 1. The van der Waals surface area contributed by atoms with Gasteiger partial charge in [0.15, 0.2) is 11.5 Å². The zero-order valence-corrected chi connectivity index (χ0v) is 12.7. The molecule has 2 N–H and O–H groups in total. The Labute approximate surface area is 124 Å². The summed E-state index contributed by atoms with van der Waals surface area (Å²) >= 11 is 0. The Morgan fingerprint density at radius 2 is 2.24 bits per heavy atom. The van der Waals surface area contributed by atoms with Crippen LogP contribution in [0.15, 0.2) is 6.20 Å². The highest BCUT2D eigenvalue weighted by molar-refractivity contribution is 5.84. The molecule has 1 saturated carbocycles. The van der Waals surface area contributed by atoms with Gasteiger partial charge in [0.2, 0.25) is 0 Å². The number of hydrogen-bond donors (Lipinski definition) is 1. The highest BCUT2D eigenvalue weighted by Crippen LogP contribution is 2.29. The van der Waals surface area contributed by atoms with E-state index in [1.807, 2.05) is 7.05 Å². The molecule has 21 heavy (non-hydrogen) atoms. The summed E-state index contributed by atoms with van der Waals surface area (Å²) in [6.07, 6.45) is 8.15. The molecule has 0 spiro atoms. The topological polar surface area (TPSA) is 78.9 Å². The molecule has 0 aromatic carbocycles. The number of nitrogens with zero attached hydrogens (tertiary/aromatic N) is 4. The predicted octanol–water partition coefficient (Wildman–Crippen LogP) is 2.43. The van der Waals surface area contributed by atoms with Gasteiger partial charge in [-0.3, -0.25) is 4.68 Å². The van der Waals surface area contributed by atoms with E-state index < -0.39 is 0 Å². The van der Waals surface area contributed by atoms with E-state index in [1.54, 1.807) is 10.9 Å². The van der Waals surface area contributed by atoms with Crippen LogP contribution in [-0.4, -0.2) is 25.9 Å². The van der Waals surface area contributed by atoms with Crippen molar-refractivity contribution >= 4 is 16.9 Å². The first kappa shape index (κ1) is 14.3. The van der Waals surface area contributed by atoms with Gasteiger partial charge in [0.25, 0.3) is 0 Å². The standard InChI is InChI=1S/C15H23N5O/c1-3-10-5-4-6-11(7-10)21-9-13-18-14(16)12-8-17-20(2)15(12)19-13/h8,10-11H,3-7,9H2,1-2H3,(H2,16,18,19). The minimum atomic E-state index is 0.329. The van der Waals surface area contributed by atoms with Crippen LogP contribution >= 0.6 is 0 Å². The average molecular weight is 289 g/mol. The quantitative estimate of drug-likeness (QED) is 0.935. The number of anilines is 1. The van der Waals surface area contributed by atoms with Gasteiger partial charge < -0.3 is 10.5 Å². The highest BCUT2D eigenvalue weighted by atomic mass is 16.5.